The number of rotatable bonds is 5. The number of carbonyl (C=O) groups is 1. The van der Waals surface area contributed by atoms with E-state index in [4.69, 9.17) is 9.15 Å². The SMILES string of the molecule is COC(=O)C[C@@H](c1cnn(C)c1C)c1c(O)c(O)c(O)c2c(=O)cc(-c3ccccc3)oc12. The van der Waals surface area contributed by atoms with Crippen molar-refractivity contribution < 1.29 is 29.3 Å². The highest BCUT2D eigenvalue weighted by atomic mass is 16.5. The van der Waals surface area contributed by atoms with E-state index < -0.39 is 34.6 Å². The molecule has 0 aliphatic rings. The van der Waals surface area contributed by atoms with Crippen LogP contribution < -0.4 is 5.43 Å². The number of fused-ring (bicyclic) bond motifs is 1. The van der Waals surface area contributed by atoms with Gasteiger partial charge in [-0.3, -0.25) is 14.3 Å². The van der Waals surface area contributed by atoms with Gasteiger partial charge in [-0.25, -0.2) is 0 Å². The maximum atomic E-state index is 13.0. The first-order valence-electron chi connectivity index (χ1n) is 10.1. The predicted octanol–water partition coefficient (Wildman–Crippen LogP) is 3.31. The van der Waals surface area contributed by atoms with Gasteiger partial charge in [0.2, 0.25) is 5.75 Å². The van der Waals surface area contributed by atoms with Crippen LogP contribution in [0.25, 0.3) is 22.3 Å². The number of ether oxygens (including phenoxy) is 1. The lowest BCUT2D eigenvalue weighted by Gasteiger charge is -2.20. The average molecular weight is 450 g/mol. The largest absolute Gasteiger partial charge is 0.504 e. The van der Waals surface area contributed by atoms with Crippen molar-refractivity contribution in [1.82, 2.24) is 9.78 Å². The number of aryl methyl sites for hydroxylation is 1. The summed E-state index contributed by atoms with van der Waals surface area (Å²) in [6.45, 7) is 1.78. The lowest BCUT2D eigenvalue weighted by atomic mass is 9.86. The third-order valence-electron chi connectivity index (χ3n) is 5.79. The molecule has 170 valence electrons. The van der Waals surface area contributed by atoms with Crippen LogP contribution in [-0.4, -0.2) is 38.2 Å². The molecule has 4 rings (SSSR count). The van der Waals surface area contributed by atoms with Gasteiger partial charge >= 0.3 is 5.97 Å². The van der Waals surface area contributed by atoms with Crippen molar-refractivity contribution in [1.29, 1.82) is 0 Å². The van der Waals surface area contributed by atoms with E-state index in [1.165, 1.54) is 19.4 Å². The van der Waals surface area contributed by atoms with E-state index in [9.17, 15) is 24.9 Å². The van der Waals surface area contributed by atoms with E-state index in [0.717, 1.165) is 0 Å². The summed E-state index contributed by atoms with van der Waals surface area (Å²) in [5, 5.41) is 35.7. The second-order valence-electron chi connectivity index (χ2n) is 7.65. The van der Waals surface area contributed by atoms with Crippen LogP contribution in [0.4, 0.5) is 0 Å². The number of esters is 1. The minimum Gasteiger partial charge on any atom is -0.504 e. The number of hydrogen-bond donors (Lipinski definition) is 3. The van der Waals surface area contributed by atoms with Crippen molar-refractivity contribution in [2.24, 2.45) is 7.05 Å². The summed E-state index contributed by atoms with van der Waals surface area (Å²) in [5.74, 6) is -3.68. The number of aromatic hydroxyl groups is 3. The summed E-state index contributed by atoms with van der Waals surface area (Å²) in [6.07, 6.45) is 1.28. The molecule has 0 spiro atoms. The molecule has 9 nitrogen and oxygen atoms in total. The second-order valence-corrected chi connectivity index (χ2v) is 7.65. The van der Waals surface area contributed by atoms with Gasteiger partial charge < -0.3 is 24.5 Å². The lowest BCUT2D eigenvalue weighted by molar-refractivity contribution is -0.140. The molecule has 2 aromatic heterocycles. The van der Waals surface area contributed by atoms with Crippen LogP contribution in [0.1, 0.15) is 29.2 Å². The first kappa shape index (κ1) is 21.9. The number of aromatic nitrogens is 2. The molecule has 3 N–H and O–H groups in total. The molecule has 0 radical (unpaired) electrons. The van der Waals surface area contributed by atoms with Gasteiger partial charge in [-0.1, -0.05) is 30.3 Å². The van der Waals surface area contributed by atoms with Gasteiger partial charge in [0.05, 0.1) is 19.7 Å². The fourth-order valence-electron chi connectivity index (χ4n) is 3.92. The standard InChI is InChI=1S/C24H22N2O7/c1-12-15(11-25-26(12)2)14(9-18(28)32-3)19-21(29)23(31)22(30)20-16(27)10-17(33-24(19)20)13-7-5-4-6-8-13/h4-8,10-11,14,29-31H,9H2,1-3H3/t14-/m0/s1. The number of hydrogen-bond acceptors (Lipinski definition) is 8. The normalized spacial score (nSPS) is 12.1. The highest BCUT2D eigenvalue weighted by molar-refractivity contribution is 5.93. The van der Waals surface area contributed by atoms with Gasteiger partial charge in [0.15, 0.2) is 16.9 Å². The van der Waals surface area contributed by atoms with Gasteiger partial charge in [0.25, 0.3) is 0 Å². The zero-order valence-corrected chi connectivity index (χ0v) is 18.2. The second kappa shape index (κ2) is 8.34. The fraction of sp³-hybridized carbons (Fsp3) is 0.208. The van der Waals surface area contributed by atoms with Gasteiger partial charge in [-0.2, -0.15) is 5.10 Å². The molecule has 33 heavy (non-hydrogen) atoms. The zero-order chi connectivity index (χ0) is 23.9. The molecular formula is C24H22N2O7. The Bertz CT molecular complexity index is 1420. The van der Waals surface area contributed by atoms with E-state index in [1.807, 2.05) is 0 Å². The Morgan fingerprint density at radius 1 is 1.15 bits per heavy atom. The summed E-state index contributed by atoms with van der Waals surface area (Å²) >= 11 is 0. The molecule has 0 unspecified atom stereocenters. The topological polar surface area (TPSA) is 135 Å². The van der Waals surface area contributed by atoms with Crippen molar-refractivity contribution in [3.63, 3.8) is 0 Å². The van der Waals surface area contributed by atoms with Crippen LogP contribution in [0, 0.1) is 6.92 Å². The van der Waals surface area contributed by atoms with Crippen LogP contribution in [0.2, 0.25) is 0 Å². The number of phenols is 3. The average Bonchev–Trinajstić information content (AvgIpc) is 3.14. The van der Waals surface area contributed by atoms with Crippen LogP contribution in [0.15, 0.2) is 51.8 Å². The van der Waals surface area contributed by atoms with E-state index in [-0.39, 0.29) is 28.7 Å². The Hall–Kier alpha value is -4.27. The third-order valence-corrected chi connectivity index (χ3v) is 5.79. The quantitative estimate of drug-likeness (QED) is 0.311. The van der Waals surface area contributed by atoms with Crippen molar-refractivity contribution in [2.75, 3.05) is 7.11 Å². The molecule has 0 bridgehead atoms. The molecule has 1 atom stereocenters. The van der Waals surface area contributed by atoms with E-state index in [1.54, 1.807) is 49.0 Å². The smallest absolute Gasteiger partial charge is 0.306 e. The van der Waals surface area contributed by atoms with Crippen LogP contribution in [-0.2, 0) is 16.6 Å². The Labute approximate surface area is 188 Å². The van der Waals surface area contributed by atoms with E-state index in [0.29, 0.717) is 16.8 Å². The van der Waals surface area contributed by atoms with Crippen LogP contribution >= 0.6 is 0 Å². The van der Waals surface area contributed by atoms with E-state index in [2.05, 4.69) is 5.10 Å². The summed E-state index contributed by atoms with van der Waals surface area (Å²) in [6, 6.07) is 10.0. The molecule has 0 amide bonds. The first-order chi connectivity index (χ1) is 15.7. The molecule has 0 saturated heterocycles. The van der Waals surface area contributed by atoms with Crippen molar-refractivity contribution in [2.45, 2.75) is 19.3 Å². The molecule has 0 fully saturated rings. The molecule has 0 aliphatic heterocycles. The Morgan fingerprint density at radius 2 is 1.85 bits per heavy atom. The molecule has 9 heteroatoms. The summed E-state index contributed by atoms with van der Waals surface area (Å²) in [4.78, 5) is 25.3. The number of phenolic OH excluding ortho intramolecular Hbond substituents is 3. The molecular weight excluding hydrogens is 428 g/mol. The third kappa shape index (κ3) is 3.67. The molecule has 0 saturated carbocycles. The Morgan fingerprint density at radius 3 is 2.45 bits per heavy atom. The van der Waals surface area contributed by atoms with Crippen LogP contribution in [0.3, 0.4) is 0 Å². The van der Waals surface area contributed by atoms with Crippen molar-refractivity contribution in [3.05, 3.63) is 69.6 Å². The highest BCUT2D eigenvalue weighted by Gasteiger charge is 2.32. The number of benzene rings is 2. The van der Waals surface area contributed by atoms with Crippen molar-refractivity contribution >= 4 is 16.9 Å². The fourth-order valence-corrected chi connectivity index (χ4v) is 3.92. The zero-order valence-electron chi connectivity index (χ0n) is 18.2. The summed E-state index contributed by atoms with van der Waals surface area (Å²) < 4.78 is 12.5. The van der Waals surface area contributed by atoms with Gasteiger partial charge in [-0.15, -0.1) is 0 Å². The Balaban J connectivity index is 2.11. The summed E-state index contributed by atoms with van der Waals surface area (Å²) in [5.41, 5.74) is 1.03. The number of methoxy groups -OCH3 is 1. The maximum absolute atomic E-state index is 13.0. The van der Waals surface area contributed by atoms with E-state index >= 15 is 0 Å². The number of nitrogens with zero attached hydrogens (tertiary/aromatic N) is 2. The molecule has 0 aliphatic carbocycles. The minimum atomic E-state index is -0.894. The lowest BCUT2D eigenvalue weighted by Crippen LogP contribution is -2.13. The maximum Gasteiger partial charge on any atom is 0.306 e. The molecule has 2 heterocycles. The Kier molecular flexibility index (Phi) is 5.55. The minimum absolute atomic E-state index is 0.0309. The first-order valence-corrected chi connectivity index (χ1v) is 10.1. The number of carbonyl (C=O) groups excluding carboxylic acids is 1. The highest BCUT2D eigenvalue weighted by Crippen LogP contribution is 2.49. The van der Waals surface area contributed by atoms with Crippen molar-refractivity contribution in [3.8, 4) is 28.6 Å². The molecule has 2 aromatic carbocycles. The van der Waals surface area contributed by atoms with Gasteiger partial charge in [-0.05, 0) is 6.92 Å². The predicted molar refractivity (Wildman–Crippen MR) is 119 cm³/mol. The summed E-state index contributed by atoms with van der Waals surface area (Å²) in [7, 11) is 2.95. The molecule has 4 aromatic rings. The van der Waals surface area contributed by atoms with Gasteiger partial charge in [0.1, 0.15) is 16.7 Å². The van der Waals surface area contributed by atoms with Gasteiger partial charge in [0, 0.05) is 41.4 Å². The monoisotopic (exact) mass is 450 g/mol. The van der Waals surface area contributed by atoms with Crippen LogP contribution in [0.5, 0.6) is 17.2 Å².